The fourth-order valence-electron chi connectivity index (χ4n) is 1.26. The Morgan fingerprint density at radius 3 is 3.00 bits per heavy atom. The summed E-state index contributed by atoms with van der Waals surface area (Å²) >= 11 is 0. The molecule has 1 aliphatic heterocycles. The largest absolute Gasteiger partial charge is 0.481 e. The standard InChI is InChI=1S/C6H11NO2/c8-6(9)3-5-1-2-7-4-5/h5,7H,1-4H2,(H,8,9)/p+1/t5-/m1/s1. The second kappa shape index (κ2) is 2.82. The van der Waals surface area contributed by atoms with Crippen molar-refractivity contribution >= 4 is 5.97 Å². The molecule has 3 heteroatoms. The van der Waals surface area contributed by atoms with Gasteiger partial charge in [0.05, 0.1) is 19.5 Å². The zero-order valence-corrected chi connectivity index (χ0v) is 5.34. The molecule has 0 unspecified atom stereocenters. The van der Waals surface area contributed by atoms with Gasteiger partial charge in [-0.15, -0.1) is 0 Å². The van der Waals surface area contributed by atoms with Gasteiger partial charge >= 0.3 is 5.97 Å². The maximum Gasteiger partial charge on any atom is 0.303 e. The van der Waals surface area contributed by atoms with E-state index in [0.717, 1.165) is 19.5 Å². The van der Waals surface area contributed by atoms with Crippen LogP contribution in [0.1, 0.15) is 12.8 Å². The molecule has 0 aromatic heterocycles. The van der Waals surface area contributed by atoms with Crippen molar-refractivity contribution in [1.82, 2.24) is 0 Å². The summed E-state index contributed by atoms with van der Waals surface area (Å²) in [5.74, 6) is -0.224. The van der Waals surface area contributed by atoms with Gasteiger partial charge < -0.3 is 10.4 Å². The first kappa shape index (κ1) is 6.55. The third-order valence-corrected chi connectivity index (χ3v) is 1.74. The maximum atomic E-state index is 10.1. The zero-order chi connectivity index (χ0) is 6.69. The summed E-state index contributed by atoms with van der Waals surface area (Å²) in [5, 5.41) is 10.5. The molecule has 1 rings (SSSR count). The number of carboxylic acids is 1. The molecule has 0 radical (unpaired) electrons. The molecule has 3 N–H and O–H groups in total. The van der Waals surface area contributed by atoms with E-state index in [1.807, 2.05) is 0 Å². The number of rotatable bonds is 2. The van der Waals surface area contributed by atoms with Gasteiger partial charge in [0.2, 0.25) is 0 Å². The van der Waals surface area contributed by atoms with Crippen LogP contribution in [0.25, 0.3) is 0 Å². The number of carboxylic acid groups (broad SMARTS) is 1. The smallest absolute Gasteiger partial charge is 0.303 e. The molecule has 0 aromatic rings. The molecule has 0 amide bonds. The van der Waals surface area contributed by atoms with Crippen LogP contribution in [0.3, 0.4) is 0 Å². The highest BCUT2D eigenvalue weighted by atomic mass is 16.4. The molecule has 0 aliphatic carbocycles. The van der Waals surface area contributed by atoms with Gasteiger partial charge in [-0.25, -0.2) is 0 Å². The Morgan fingerprint density at radius 2 is 2.56 bits per heavy atom. The number of hydrogen-bond donors (Lipinski definition) is 2. The van der Waals surface area contributed by atoms with Crippen LogP contribution in [0.5, 0.6) is 0 Å². The number of aliphatic carboxylic acids is 1. The topological polar surface area (TPSA) is 53.9 Å². The molecule has 1 atom stereocenters. The molecular weight excluding hydrogens is 118 g/mol. The normalized spacial score (nSPS) is 26.4. The van der Waals surface area contributed by atoms with Gasteiger partial charge in [0.15, 0.2) is 0 Å². The second-order valence-corrected chi connectivity index (χ2v) is 2.57. The molecule has 0 bridgehead atoms. The predicted octanol–water partition coefficient (Wildman–Crippen LogP) is -0.956. The van der Waals surface area contributed by atoms with Crippen LogP contribution in [0.15, 0.2) is 0 Å². The molecule has 1 heterocycles. The summed E-state index contributed by atoms with van der Waals surface area (Å²) in [7, 11) is 0. The Bertz CT molecular complexity index is 108. The molecule has 0 aromatic carbocycles. The van der Waals surface area contributed by atoms with Crippen LogP contribution in [0.2, 0.25) is 0 Å². The van der Waals surface area contributed by atoms with Crippen molar-refractivity contribution in [3.05, 3.63) is 0 Å². The van der Waals surface area contributed by atoms with Crippen molar-refractivity contribution < 1.29 is 15.2 Å². The van der Waals surface area contributed by atoms with E-state index in [1.165, 1.54) is 0 Å². The second-order valence-electron chi connectivity index (χ2n) is 2.57. The van der Waals surface area contributed by atoms with Crippen LogP contribution in [0.4, 0.5) is 0 Å². The Kier molecular flexibility index (Phi) is 2.05. The number of carbonyl (C=O) groups is 1. The highest BCUT2D eigenvalue weighted by molar-refractivity contribution is 5.67. The minimum atomic E-state index is -0.657. The summed E-state index contributed by atoms with van der Waals surface area (Å²) in [6.45, 7) is 2.12. The molecule has 1 fully saturated rings. The van der Waals surface area contributed by atoms with E-state index < -0.39 is 5.97 Å². The van der Waals surface area contributed by atoms with E-state index in [-0.39, 0.29) is 0 Å². The molecule has 3 nitrogen and oxygen atoms in total. The minimum absolute atomic E-state index is 0.358. The lowest BCUT2D eigenvalue weighted by atomic mass is 10.1. The van der Waals surface area contributed by atoms with E-state index >= 15 is 0 Å². The summed E-state index contributed by atoms with van der Waals surface area (Å²) in [4.78, 5) is 10.1. The lowest BCUT2D eigenvalue weighted by molar-refractivity contribution is -0.638. The first-order chi connectivity index (χ1) is 4.29. The van der Waals surface area contributed by atoms with Gasteiger partial charge in [0, 0.05) is 12.3 Å². The summed E-state index contributed by atoms with van der Waals surface area (Å²) < 4.78 is 0. The number of nitrogens with two attached hydrogens (primary N) is 1. The van der Waals surface area contributed by atoms with Crippen LogP contribution >= 0.6 is 0 Å². The number of quaternary nitrogens is 1. The van der Waals surface area contributed by atoms with Crippen molar-refractivity contribution in [2.75, 3.05) is 13.1 Å². The van der Waals surface area contributed by atoms with Crippen LogP contribution < -0.4 is 5.32 Å². The molecule has 52 valence electrons. The highest BCUT2D eigenvalue weighted by Crippen LogP contribution is 2.06. The van der Waals surface area contributed by atoms with E-state index in [2.05, 4.69) is 5.32 Å². The van der Waals surface area contributed by atoms with E-state index in [1.54, 1.807) is 0 Å². The van der Waals surface area contributed by atoms with Gasteiger partial charge in [-0.3, -0.25) is 4.79 Å². The van der Waals surface area contributed by atoms with Gasteiger partial charge in [0.25, 0.3) is 0 Å². The first-order valence-electron chi connectivity index (χ1n) is 3.32. The van der Waals surface area contributed by atoms with Gasteiger partial charge in [-0.05, 0) is 0 Å². The van der Waals surface area contributed by atoms with Crippen molar-refractivity contribution in [3.8, 4) is 0 Å². The molecular formula is C6H12NO2+. The van der Waals surface area contributed by atoms with Gasteiger partial charge in [0.1, 0.15) is 0 Å². The molecule has 0 spiro atoms. The van der Waals surface area contributed by atoms with Crippen molar-refractivity contribution in [2.24, 2.45) is 5.92 Å². The average molecular weight is 130 g/mol. The Balaban J connectivity index is 2.19. The highest BCUT2D eigenvalue weighted by Gasteiger charge is 2.20. The van der Waals surface area contributed by atoms with Crippen LogP contribution in [0, 0.1) is 5.92 Å². The Morgan fingerprint density at radius 1 is 1.78 bits per heavy atom. The summed E-state index contributed by atoms with van der Waals surface area (Å²) in [5.41, 5.74) is 0. The summed E-state index contributed by atoms with van der Waals surface area (Å²) in [6.07, 6.45) is 1.43. The predicted molar refractivity (Wildman–Crippen MR) is 32.0 cm³/mol. The fourth-order valence-corrected chi connectivity index (χ4v) is 1.26. The van der Waals surface area contributed by atoms with Crippen molar-refractivity contribution in [1.29, 1.82) is 0 Å². The monoisotopic (exact) mass is 130 g/mol. The Labute approximate surface area is 54.1 Å². The molecule has 9 heavy (non-hydrogen) atoms. The lowest BCUT2D eigenvalue weighted by Crippen LogP contribution is -2.81. The van der Waals surface area contributed by atoms with Gasteiger partial charge in [-0.1, -0.05) is 0 Å². The zero-order valence-electron chi connectivity index (χ0n) is 5.34. The van der Waals surface area contributed by atoms with E-state index in [0.29, 0.717) is 12.3 Å². The average Bonchev–Trinajstić information content (AvgIpc) is 2.15. The fraction of sp³-hybridized carbons (Fsp3) is 0.833. The SMILES string of the molecule is O=C(O)C[C@H]1CC[NH2+]C1. The molecule has 1 aliphatic rings. The molecule has 0 saturated carbocycles. The van der Waals surface area contributed by atoms with Crippen LogP contribution in [-0.4, -0.2) is 24.2 Å². The third-order valence-electron chi connectivity index (χ3n) is 1.74. The van der Waals surface area contributed by atoms with Gasteiger partial charge in [-0.2, -0.15) is 0 Å². The first-order valence-corrected chi connectivity index (χ1v) is 3.32. The van der Waals surface area contributed by atoms with Crippen LogP contribution in [-0.2, 0) is 4.79 Å². The summed E-state index contributed by atoms with van der Waals surface area (Å²) in [6, 6.07) is 0. The maximum absolute atomic E-state index is 10.1. The third kappa shape index (κ3) is 2.01. The van der Waals surface area contributed by atoms with Crippen molar-refractivity contribution in [2.45, 2.75) is 12.8 Å². The quantitative estimate of drug-likeness (QED) is 0.506. The lowest BCUT2D eigenvalue weighted by Gasteiger charge is -1.97. The number of hydrogen-bond acceptors (Lipinski definition) is 1. The minimum Gasteiger partial charge on any atom is -0.481 e. The van der Waals surface area contributed by atoms with E-state index in [4.69, 9.17) is 5.11 Å². The van der Waals surface area contributed by atoms with E-state index in [9.17, 15) is 4.79 Å². The Hall–Kier alpha value is -0.570. The molecule has 1 saturated heterocycles. The van der Waals surface area contributed by atoms with Crippen molar-refractivity contribution in [3.63, 3.8) is 0 Å².